The third kappa shape index (κ3) is 22.3. The van der Waals surface area contributed by atoms with Crippen LogP contribution in [0.4, 0.5) is 0 Å². The zero-order chi connectivity index (χ0) is 55.6. The van der Waals surface area contributed by atoms with E-state index in [0.717, 1.165) is 49.8 Å². The van der Waals surface area contributed by atoms with Crippen LogP contribution in [0.5, 0.6) is 5.75 Å². The molecule has 0 aromatic heterocycles. The molecule has 3 rings (SSSR count). The Kier molecular flexibility index (Phi) is 26.5. The molecule has 0 saturated carbocycles. The highest BCUT2D eigenvalue weighted by Gasteiger charge is 2.41. The lowest BCUT2D eigenvalue weighted by Gasteiger charge is -2.31. The van der Waals surface area contributed by atoms with E-state index in [-0.39, 0.29) is 38.0 Å². The molecule has 17 N–H and O–H groups in total. The maximum Gasteiger partial charge on any atom is 0.245 e. The average Bonchev–Trinajstić information content (AvgIpc) is 3.84. The molecule has 26 heteroatoms. The molecule has 416 valence electrons. The third-order valence-corrected chi connectivity index (χ3v) is 12.8. The van der Waals surface area contributed by atoms with Gasteiger partial charge in [0.15, 0.2) is 0 Å². The molecule has 2 aliphatic rings. The first-order valence-electron chi connectivity index (χ1n) is 25.6. The second kappa shape index (κ2) is 32.0. The van der Waals surface area contributed by atoms with Crippen LogP contribution in [0.15, 0.2) is 24.3 Å². The van der Waals surface area contributed by atoms with Gasteiger partial charge in [0, 0.05) is 31.8 Å². The SMILES string of the molecule is CCCCCCCCCCCCC1CC(=O)NC(CC(N)=O)C(=O)NC(Cc2ccc(O)cc2)C(=O)NC(CC(N)=O)C(=O)NC(CCC(N)=O)C(=O)N2CCCC2C(=O)NC(CC(N)=O)C(=O)NC(CO)C(=O)N1. The number of phenols is 1. The van der Waals surface area contributed by atoms with Gasteiger partial charge in [0.2, 0.25) is 70.9 Å². The lowest BCUT2D eigenvalue weighted by Crippen LogP contribution is -2.60. The van der Waals surface area contributed by atoms with Crippen LogP contribution in [-0.2, 0) is 64.0 Å². The van der Waals surface area contributed by atoms with Crippen LogP contribution in [0.3, 0.4) is 0 Å². The number of nitrogens with two attached hydrogens (primary N) is 4. The van der Waals surface area contributed by atoms with Crippen LogP contribution in [0.25, 0.3) is 0 Å². The molecule has 0 radical (unpaired) electrons. The summed E-state index contributed by atoms with van der Waals surface area (Å²) in [6.45, 7) is 1.05. The number of rotatable bonds is 23. The van der Waals surface area contributed by atoms with E-state index in [0.29, 0.717) is 18.4 Å². The van der Waals surface area contributed by atoms with Gasteiger partial charge in [-0.25, -0.2) is 0 Å². The number of hydrogen-bond donors (Lipinski definition) is 13. The van der Waals surface area contributed by atoms with E-state index in [1.54, 1.807) is 0 Å². The summed E-state index contributed by atoms with van der Waals surface area (Å²) in [5.74, 6) is -12.6. The molecule has 2 fully saturated rings. The number of fused-ring (bicyclic) bond motifs is 1. The van der Waals surface area contributed by atoms with Crippen molar-refractivity contribution in [2.75, 3.05) is 13.2 Å². The molecule has 0 bridgehead atoms. The maximum atomic E-state index is 14.3. The number of carbonyl (C=O) groups is 12. The van der Waals surface area contributed by atoms with Crippen molar-refractivity contribution in [3.8, 4) is 5.75 Å². The molecular weight excluding hydrogens is 981 g/mol. The molecule has 2 aliphatic heterocycles. The van der Waals surface area contributed by atoms with Crippen molar-refractivity contribution in [1.82, 2.24) is 42.1 Å². The summed E-state index contributed by atoms with van der Waals surface area (Å²) < 4.78 is 0. The lowest BCUT2D eigenvalue weighted by molar-refractivity contribution is -0.143. The smallest absolute Gasteiger partial charge is 0.245 e. The van der Waals surface area contributed by atoms with E-state index >= 15 is 0 Å². The molecule has 1 aromatic rings. The van der Waals surface area contributed by atoms with Gasteiger partial charge in [0.25, 0.3) is 0 Å². The zero-order valence-electron chi connectivity index (χ0n) is 42.5. The summed E-state index contributed by atoms with van der Waals surface area (Å²) in [4.78, 5) is 162. The number of nitrogens with one attached hydrogen (secondary N) is 7. The van der Waals surface area contributed by atoms with Crippen molar-refractivity contribution >= 4 is 70.9 Å². The molecule has 2 heterocycles. The number of aliphatic hydroxyl groups excluding tert-OH is 1. The van der Waals surface area contributed by atoms with Crippen molar-refractivity contribution in [2.24, 2.45) is 22.9 Å². The summed E-state index contributed by atoms with van der Waals surface area (Å²) in [5.41, 5.74) is 22.2. The molecule has 26 nitrogen and oxygen atoms in total. The minimum atomic E-state index is -1.86. The van der Waals surface area contributed by atoms with Crippen molar-refractivity contribution < 1.29 is 67.7 Å². The van der Waals surface area contributed by atoms with Crippen LogP contribution in [0.2, 0.25) is 0 Å². The average molecular weight is 1060 g/mol. The number of primary amides is 4. The van der Waals surface area contributed by atoms with Gasteiger partial charge >= 0.3 is 0 Å². The number of amides is 12. The first kappa shape index (κ1) is 61.9. The predicted molar refractivity (Wildman–Crippen MR) is 268 cm³/mol. The Morgan fingerprint density at radius 1 is 0.547 bits per heavy atom. The fourth-order valence-corrected chi connectivity index (χ4v) is 8.79. The number of hydrogen-bond acceptors (Lipinski definition) is 14. The quantitative estimate of drug-likeness (QED) is 0.0484. The molecular formula is C49H76N12O14. The van der Waals surface area contributed by atoms with Crippen LogP contribution in [0.1, 0.15) is 134 Å². The summed E-state index contributed by atoms with van der Waals surface area (Å²) in [6.07, 6.45) is 5.83. The summed E-state index contributed by atoms with van der Waals surface area (Å²) in [7, 11) is 0. The predicted octanol–water partition coefficient (Wildman–Crippen LogP) is -3.08. The zero-order valence-corrected chi connectivity index (χ0v) is 42.5. The van der Waals surface area contributed by atoms with Gasteiger partial charge in [-0.1, -0.05) is 83.3 Å². The van der Waals surface area contributed by atoms with Crippen molar-refractivity contribution in [1.29, 1.82) is 0 Å². The molecule has 12 amide bonds. The summed E-state index contributed by atoms with van der Waals surface area (Å²) in [6, 6.07) is -7.34. The molecule has 0 aliphatic carbocycles. The van der Waals surface area contributed by atoms with Gasteiger partial charge in [-0.2, -0.15) is 0 Å². The Morgan fingerprint density at radius 3 is 1.52 bits per heavy atom. The van der Waals surface area contributed by atoms with Gasteiger partial charge in [0.05, 0.1) is 25.9 Å². The van der Waals surface area contributed by atoms with E-state index in [1.165, 1.54) is 30.7 Å². The molecule has 2 saturated heterocycles. The highest BCUT2D eigenvalue weighted by atomic mass is 16.3. The number of unbranched alkanes of at least 4 members (excludes halogenated alkanes) is 9. The van der Waals surface area contributed by atoms with Gasteiger partial charge in [-0.15, -0.1) is 0 Å². The highest BCUT2D eigenvalue weighted by Crippen LogP contribution is 2.21. The van der Waals surface area contributed by atoms with Crippen LogP contribution < -0.4 is 60.2 Å². The Morgan fingerprint density at radius 2 is 1.00 bits per heavy atom. The number of aliphatic hydroxyl groups is 1. The third-order valence-electron chi connectivity index (χ3n) is 12.8. The Balaban J connectivity index is 2.11. The molecule has 0 spiro atoms. The van der Waals surface area contributed by atoms with Gasteiger partial charge in [-0.05, 0) is 43.4 Å². The normalized spacial score (nSPS) is 23.9. The van der Waals surface area contributed by atoms with E-state index in [2.05, 4.69) is 44.1 Å². The van der Waals surface area contributed by atoms with Gasteiger partial charge < -0.3 is 75.3 Å². The molecule has 1 aromatic carbocycles. The van der Waals surface area contributed by atoms with Crippen molar-refractivity contribution in [2.45, 2.75) is 184 Å². The minimum absolute atomic E-state index is 0.00342. The lowest BCUT2D eigenvalue weighted by atomic mass is 10.0. The van der Waals surface area contributed by atoms with Crippen LogP contribution in [-0.4, -0.2) is 147 Å². The molecule has 8 unspecified atom stereocenters. The number of phenolic OH excluding ortho intramolecular Hbond substituents is 1. The van der Waals surface area contributed by atoms with Gasteiger partial charge in [0.1, 0.15) is 48.0 Å². The first-order chi connectivity index (χ1) is 35.6. The van der Waals surface area contributed by atoms with E-state index in [4.69, 9.17) is 22.9 Å². The fourth-order valence-electron chi connectivity index (χ4n) is 8.79. The van der Waals surface area contributed by atoms with Crippen molar-refractivity contribution in [3.63, 3.8) is 0 Å². The second-order valence-electron chi connectivity index (χ2n) is 19.1. The number of carbonyl (C=O) groups excluding carboxylic acids is 12. The molecule has 75 heavy (non-hydrogen) atoms. The summed E-state index contributed by atoms with van der Waals surface area (Å²) >= 11 is 0. The standard InChI is InChI=1S/C49H76N12O14/c1-2-3-4-5-6-7-8-9-10-11-13-29-23-42(68)55-33(24-39(51)65)44(70)57-32(22-28-15-17-30(63)18-16-28)43(69)58-34(25-40(52)66)45(71)56-31(19-20-38(50)64)49(75)61-21-12-14-37(61)48(74)59-35(26-41(53)67)46(72)60-36(27-62)47(73)54-29/h15-18,29,31-37,62-63H,2-14,19-27H2,1H3,(H2,50,64)(H2,51,65)(H2,52,66)(H2,53,67)(H,54,73)(H,55,68)(H,56,71)(H,57,70)(H,58,69)(H,59,74)(H,60,72). The van der Waals surface area contributed by atoms with Crippen LogP contribution in [0, 0.1) is 0 Å². The fraction of sp³-hybridized carbons (Fsp3) is 0.633. The number of nitrogens with zero attached hydrogens (tertiary/aromatic N) is 1. The number of aromatic hydroxyl groups is 1. The van der Waals surface area contributed by atoms with Gasteiger partial charge in [-0.3, -0.25) is 57.5 Å². The monoisotopic (exact) mass is 1060 g/mol. The Labute approximate surface area is 435 Å². The summed E-state index contributed by atoms with van der Waals surface area (Å²) in [5, 5.41) is 37.3. The first-order valence-corrected chi connectivity index (χ1v) is 25.6. The Bertz CT molecular complexity index is 2180. The van der Waals surface area contributed by atoms with E-state index in [9.17, 15) is 67.7 Å². The van der Waals surface area contributed by atoms with Crippen LogP contribution >= 0.6 is 0 Å². The maximum absolute atomic E-state index is 14.3. The Hall–Kier alpha value is -7.38. The second-order valence-corrected chi connectivity index (χ2v) is 19.1. The van der Waals surface area contributed by atoms with Crippen molar-refractivity contribution in [3.05, 3.63) is 29.8 Å². The van der Waals surface area contributed by atoms with E-state index < -0.39 is 164 Å². The van der Waals surface area contributed by atoms with E-state index in [1.807, 2.05) is 0 Å². The number of benzene rings is 1. The topological polar surface area (TPSA) is 437 Å². The minimum Gasteiger partial charge on any atom is -0.508 e. The largest absolute Gasteiger partial charge is 0.508 e. The molecule has 8 atom stereocenters. The highest BCUT2D eigenvalue weighted by molar-refractivity contribution is 6.00.